The molecule has 0 bridgehead atoms. The maximum absolute atomic E-state index is 9.29. The van der Waals surface area contributed by atoms with E-state index in [1.165, 1.54) is 0 Å². The predicted octanol–water partition coefficient (Wildman–Crippen LogP) is 1.24. The molecule has 20 heavy (non-hydrogen) atoms. The molecule has 1 aliphatic rings. The van der Waals surface area contributed by atoms with Gasteiger partial charge >= 0.3 is 0 Å². The zero-order chi connectivity index (χ0) is 14.5. The summed E-state index contributed by atoms with van der Waals surface area (Å²) >= 11 is 0. The first-order valence-corrected chi connectivity index (χ1v) is 7.66. The summed E-state index contributed by atoms with van der Waals surface area (Å²) in [5.41, 5.74) is 2.30. The van der Waals surface area contributed by atoms with Crippen LogP contribution in [0.1, 0.15) is 31.7 Å². The lowest BCUT2D eigenvalue weighted by molar-refractivity contribution is 0.0471. The van der Waals surface area contributed by atoms with Gasteiger partial charge in [-0.1, -0.05) is 13.8 Å². The van der Waals surface area contributed by atoms with Gasteiger partial charge in [0.25, 0.3) is 0 Å². The van der Waals surface area contributed by atoms with Crippen molar-refractivity contribution in [1.82, 2.24) is 19.8 Å². The molecular formula is C15H28N4O. The van der Waals surface area contributed by atoms with Crippen molar-refractivity contribution in [2.45, 2.75) is 39.8 Å². The van der Waals surface area contributed by atoms with Crippen LogP contribution >= 0.6 is 0 Å². The van der Waals surface area contributed by atoms with E-state index in [2.05, 4.69) is 40.5 Å². The Morgan fingerprint density at radius 1 is 1.45 bits per heavy atom. The second kappa shape index (κ2) is 7.20. The smallest absolute Gasteiger partial charge is 0.0925 e. The maximum atomic E-state index is 9.29. The van der Waals surface area contributed by atoms with E-state index in [0.29, 0.717) is 12.0 Å². The summed E-state index contributed by atoms with van der Waals surface area (Å²) in [5.74, 6) is 0.677. The molecule has 1 atom stereocenters. The second-order valence-corrected chi connectivity index (χ2v) is 6.26. The largest absolute Gasteiger partial charge is 0.396 e. The van der Waals surface area contributed by atoms with E-state index in [1.807, 2.05) is 0 Å². The second-order valence-electron chi connectivity index (χ2n) is 6.26. The number of aliphatic hydroxyl groups is 1. The van der Waals surface area contributed by atoms with Crippen molar-refractivity contribution in [3.05, 3.63) is 17.7 Å². The fourth-order valence-electron chi connectivity index (χ4n) is 2.99. The topological polar surface area (TPSA) is 55.4 Å². The number of imidazole rings is 1. The van der Waals surface area contributed by atoms with Crippen molar-refractivity contribution in [3.8, 4) is 0 Å². The highest BCUT2D eigenvalue weighted by Gasteiger charge is 2.27. The van der Waals surface area contributed by atoms with Gasteiger partial charge in [0, 0.05) is 51.1 Å². The minimum absolute atomic E-state index is 0.272. The van der Waals surface area contributed by atoms with E-state index in [-0.39, 0.29) is 6.61 Å². The summed E-state index contributed by atoms with van der Waals surface area (Å²) < 4.78 is 0. The standard InChI is InChI=1S/C15H28N4O/c1-12(2)8-19-6-5-18(9-14(19)4-7-20)10-15-13(3)16-11-17-15/h11-12,14,20H,4-10H2,1-3H3,(H,16,17). The monoisotopic (exact) mass is 280 g/mol. The SMILES string of the molecule is Cc1[nH]cnc1CN1CCN(CC(C)C)C(CCO)C1. The van der Waals surface area contributed by atoms with Crippen LogP contribution in [0.25, 0.3) is 0 Å². The third-order valence-corrected chi connectivity index (χ3v) is 4.06. The lowest BCUT2D eigenvalue weighted by atomic mass is 10.1. The molecule has 1 unspecified atom stereocenters. The van der Waals surface area contributed by atoms with Crippen molar-refractivity contribution < 1.29 is 5.11 Å². The van der Waals surface area contributed by atoms with E-state index >= 15 is 0 Å². The molecule has 0 aromatic carbocycles. The van der Waals surface area contributed by atoms with Gasteiger partial charge in [0.2, 0.25) is 0 Å². The lowest BCUT2D eigenvalue weighted by Crippen LogP contribution is -2.53. The Hall–Kier alpha value is -0.910. The van der Waals surface area contributed by atoms with Crippen molar-refractivity contribution in [1.29, 1.82) is 0 Å². The van der Waals surface area contributed by atoms with Crippen LogP contribution in [0.4, 0.5) is 0 Å². The average Bonchev–Trinajstić information content (AvgIpc) is 2.78. The highest BCUT2D eigenvalue weighted by molar-refractivity contribution is 5.08. The fourth-order valence-corrected chi connectivity index (χ4v) is 2.99. The highest BCUT2D eigenvalue weighted by Crippen LogP contribution is 2.17. The molecule has 5 heteroatoms. The molecule has 2 heterocycles. The van der Waals surface area contributed by atoms with Crippen molar-refractivity contribution in [2.24, 2.45) is 5.92 Å². The summed E-state index contributed by atoms with van der Waals surface area (Å²) in [6.45, 7) is 12.1. The van der Waals surface area contributed by atoms with Gasteiger partial charge < -0.3 is 10.1 Å². The number of rotatable bonds is 6. The minimum Gasteiger partial charge on any atom is -0.396 e. The van der Waals surface area contributed by atoms with Gasteiger partial charge in [0.15, 0.2) is 0 Å². The normalized spacial score (nSPS) is 21.8. The van der Waals surface area contributed by atoms with Crippen LogP contribution in [0.2, 0.25) is 0 Å². The summed E-state index contributed by atoms with van der Waals surface area (Å²) in [7, 11) is 0. The summed E-state index contributed by atoms with van der Waals surface area (Å²) in [6.07, 6.45) is 2.63. The number of aryl methyl sites for hydroxylation is 1. The zero-order valence-electron chi connectivity index (χ0n) is 13.0. The molecule has 2 N–H and O–H groups in total. The number of hydrogen-bond donors (Lipinski definition) is 2. The van der Waals surface area contributed by atoms with Crippen LogP contribution in [-0.4, -0.2) is 63.7 Å². The van der Waals surface area contributed by atoms with Gasteiger partial charge in [-0.25, -0.2) is 4.98 Å². The molecule has 0 radical (unpaired) electrons. The predicted molar refractivity (Wildman–Crippen MR) is 80.5 cm³/mol. The first kappa shape index (κ1) is 15.5. The molecule has 1 saturated heterocycles. The molecule has 114 valence electrons. The van der Waals surface area contributed by atoms with Crippen molar-refractivity contribution in [2.75, 3.05) is 32.8 Å². The summed E-state index contributed by atoms with van der Waals surface area (Å²) in [4.78, 5) is 12.5. The van der Waals surface area contributed by atoms with Crippen LogP contribution in [0.15, 0.2) is 6.33 Å². The summed E-state index contributed by atoms with van der Waals surface area (Å²) in [5, 5.41) is 9.29. The van der Waals surface area contributed by atoms with Gasteiger partial charge in [0.05, 0.1) is 12.0 Å². The number of nitrogens with one attached hydrogen (secondary N) is 1. The van der Waals surface area contributed by atoms with Crippen molar-refractivity contribution >= 4 is 0 Å². The van der Waals surface area contributed by atoms with Gasteiger partial charge in [0.1, 0.15) is 0 Å². The molecule has 1 aromatic heterocycles. The van der Waals surface area contributed by atoms with E-state index in [1.54, 1.807) is 6.33 Å². The van der Waals surface area contributed by atoms with Crippen molar-refractivity contribution in [3.63, 3.8) is 0 Å². The third kappa shape index (κ3) is 4.04. The number of aromatic nitrogens is 2. The van der Waals surface area contributed by atoms with E-state index in [0.717, 1.165) is 50.5 Å². The van der Waals surface area contributed by atoms with Gasteiger partial charge in [-0.2, -0.15) is 0 Å². The first-order valence-electron chi connectivity index (χ1n) is 7.66. The number of aromatic amines is 1. The Morgan fingerprint density at radius 2 is 2.25 bits per heavy atom. The maximum Gasteiger partial charge on any atom is 0.0925 e. The Bertz CT molecular complexity index is 404. The third-order valence-electron chi connectivity index (χ3n) is 4.06. The minimum atomic E-state index is 0.272. The molecular weight excluding hydrogens is 252 g/mol. The molecule has 0 spiro atoms. The van der Waals surface area contributed by atoms with E-state index in [9.17, 15) is 5.11 Å². The molecule has 0 amide bonds. The Morgan fingerprint density at radius 3 is 2.85 bits per heavy atom. The number of H-pyrrole nitrogens is 1. The van der Waals surface area contributed by atoms with Crippen LogP contribution in [0.5, 0.6) is 0 Å². The van der Waals surface area contributed by atoms with Crippen LogP contribution in [0.3, 0.4) is 0 Å². The summed E-state index contributed by atoms with van der Waals surface area (Å²) in [6, 6.07) is 0.468. The van der Waals surface area contributed by atoms with Crippen LogP contribution in [-0.2, 0) is 6.54 Å². The Labute approximate surface area is 122 Å². The Kier molecular flexibility index (Phi) is 5.57. The molecule has 1 aromatic rings. The quantitative estimate of drug-likeness (QED) is 0.823. The fraction of sp³-hybridized carbons (Fsp3) is 0.800. The van der Waals surface area contributed by atoms with Gasteiger partial charge in [-0.05, 0) is 19.3 Å². The number of piperazine rings is 1. The Balaban J connectivity index is 1.93. The zero-order valence-corrected chi connectivity index (χ0v) is 13.0. The lowest BCUT2D eigenvalue weighted by Gasteiger charge is -2.42. The molecule has 5 nitrogen and oxygen atoms in total. The van der Waals surface area contributed by atoms with Gasteiger partial charge in [-0.3, -0.25) is 9.80 Å². The van der Waals surface area contributed by atoms with Crippen LogP contribution in [0, 0.1) is 12.8 Å². The molecule has 0 saturated carbocycles. The molecule has 2 rings (SSSR count). The van der Waals surface area contributed by atoms with E-state index in [4.69, 9.17) is 0 Å². The van der Waals surface area contributed by atoms with Crippen LogP contribution < -0.4 is 0 Å². The molecule has 1 aliphatic heterocycles. The highest BCUT2D eigenvalue weighted by atomic mass is 16.3. The van der Waals surface area contributed by atoms with Gasteiger partial charge in [-0.15, -0.1) is 0 Å². The number of aliphatic hydroxyl groups excluding tert-OH is 1. The van der Waals surface area contributed by atoms with E-state index < -0.39 is 0 Å². The molecule has 1 fully saturated rings. The number of nitrogens with zero attached hydrogens (tertiary/aromatic N) is 3. The first-order chi connectivity index (χ1) is 9.60. The average molecular weight is 280 g/mol. The molecule has 0 aliphatic carbocycles. The number of hydrogen-bond acceptors (Lipinski definition) is 4.